The molecular formula is C12H19NO2. The molecule has 1 aromatic heterocycles. The molecule has 0 aliphatic rings. The van der Waals surface area contributed by atoms with Gasteiger partial charge in [-0.15, -0.1) is 0 Å². The van der Waals surface area contributed by atoms with Crippen LogP contribution in [0.15, 0.2) is 12.1 Å². The molecule has 0 amide bonds. The summed E-state index contributed by atoms with van der Waals surface area (Å²) in [5.41, 5.74) is 1.54. The van der Waals surface area contributed by atoms with Crippen LogP contribution in [0.4, 0.5) is 0 Å². The number of rotatable bonds is 5. The third-order valence-corrected chi connectivity index (χ3v) is 2.34. The molecule has 0 spiro atoms. The molecule has 0 atom stereocenters. The van der Waals surface area contributed by atoms with Crippen LogP contribution in [0.2, 0.25) is 0 Å². The van der Waals surface area contributed by atoms with Crippen LogP contribution < -0.4 is 0 Å². The van der Waals surface area contributed by atoms with E-state index in [4.69, 9.17) is 5.11 Å². The molecule has 15 heavy (non-hydrogen) atoms. The molecule has 3 heteroatoms. The van der Waals surface area contributed by atoms with Gasteiger partial charge < -0.3 is 9.67 Å². The van der Waals surface area contributed by atoms with Gasteiger partial charge in [-0.3, -0.25) is 0 Å². The van der Waals surface area contributed by atoms with E-state index in [1.165, 1.54) is 0 Å². The zero-order valence-corrected chi connectivity index (χ0v) is 9.66. The van der Waals surface area contributed by atoms with Crippen LogP contribution >= 0.6 is 0 Å². The third kappa shape index (κ3) is 2.85. The van der Waals surface area contributed by atoms with Crippen LogP contribution in [0.25, 0.3) is 0 Å². The molecule has 0 aromatic carbocycles. The number of hydrogen-bond donors (Lipinski definition) is 1. The quantitative estimate of drug-likeness (QED) is 0.810. The van der Waals surface area contributed by atoms with E-state index >= 15 is 0 Å². The normalized spacial score (nSPS) is 10.9. The summed E-state index contributed by atoms with van der Waals surface area (Å²) in [6.45, 7) is 7.08. The topological polar surface area (TPSA) is 42.2 Å². The number of aromatic nitrogens is 1. The molecule has 1 N–H and O–H groups in total. The average molecular weight is 209 g/mol. The Morgan fingerprint density at radius 1 is 1.47 bits per heavy atom. The van der Waals surface area contributed by atoms with E-state index in [1.807, 2.05) is 10.6 Å². The van der Waals surface area contributed by atoms with Crippen LogP contribution in [-0.4, -0.2) is 15.6 Å². The van der Waals surface area contributed by atoms with Crippen molar-refractivity contribution in [1.29, 1.82) is 0 Å². The highest BCUT2D eigenvalue weighted by Gasteiger charge is 2.13. The van der Waals surface area contributed by atoms with Crippen molar-refractivity contribution in [1.82, 2.24) is 4.57 Å². The van der Waals surface area contributed by atoms with Gasteiger partial charge in [-0.25, -0.2) is 4.79 Å². The van der Waals surface area contributed by atoms with Crippen LogP contribution in [0, 0.1) is 5.92 Å². The Morgan fingerprint density at radius 3 is 2.60 bits per heavy atom. The molecule has 0 aliphatic heterocycles. The van der Waals surface area contributed by atoms with Gasteiger partial charge in [0.05, 0.1) is 0 Å². The summed E-state index contributed by atoms with van der Waals surface area (Å²) >= 11 is 0. The first-order valence-corrected chi connectivity index (χ1v) is 5.48. The Labute approximate surface area is 90.7 Å². The van der Waals surface area contributed by atoms with Crippen LogP contribution in [0.1, 0.15) is 43.4 Å². The molecule has 84 valence electrons. The maximum absolute atomic E-state index is 11.0. The summed E-state index contributed by atoms with van der Waals surface area (Å²) in [7, 11) is 0. The lowest BCUT2D eigenvalue weighted by molar-refractivity contribution is 0.0684. The zero-order valence-electron chi connectivity index (χ0n) is 9.66. The Morgan fingerprint density at radius 2 is 2.13 bits per heavy atom. The van der Waals surface area contributed by atoms with Crippen molar-refractivity contribution in [2.45, 2.75) is 40.2 Å². The fourth-order valence-corrected chi connectivity index (χ4v) is 1.75. The Kier molecular flexibility index (Phi) is 3.95. The molecule has 0 radical (unpaired) electrons. The number of nitrogens with zero attached hydrogens (tertiary/aromatic N) is 1. The van der Waals surface area contributed by atoms with Crippen molar-refractivity contribution < 1.29 is 9.90 Å². The van der Waals surface area contributed by atoms with E-state index < -0.39 is 5.97 Å². The number of hydrogen-bond acceptors (Lipinski definition) is 1. The molecule has 0 saturated carbocycles. The van der Waals surface area contributed by atoms with Crippen LogP contribution in [-0.2, 0) is 13.0 Å². The first kappa shape index (κ1) is 11.8. The van der Waals surface area contributed by atoms with Crippen molar-refractivity contribution in [2.75, 3.05) is 0 Å². The molecule has 0 fully saturated rings. The fourth-order valence-electron chi connectivity index (χ4n) is 1.75. The minimum absolute atomic E-state index is 0.409. The molecule has 0 unspecified atom stereocenters. The van der Waals surface area contributed by atoms with Gasteiger partial charge >= 0.3 is 5.97 Å². The standard InChI is InChI=1S/C12H19NO2/c1-4-5-10-6-7-11(12(14)15)13(10)8-9(2)3/h6-7,9H,4-5,8H2,1-3H3,(H,14,15). The molecule has 1 rings (SSSR count). The van der Waals surface area contributed by atoms with Crippen molar-refractivity contribution in [3.63, 3.8) is 0 Å². The molecule has 1 heterocycles. The number of carboxylic acid groups (broad SMARTS) is 1. The SMILES string of the molecule is CCCc1ccc(C(=O)O)n1CC(C)C. The van der Waals surface area contributed by atoms with E-state index in [0.717, 1.165) is 25.1 Å². The summed E-state index contributed by atoms with van der Waals surface area (Å²) in [6.07, 6.45) is 1.99. The van der Waals surface area contributed by atoms with E-state index in [9.17, 15) is 4.79 Å². The van der Waals surface area contributed by atoms with Crippen molar-refractivity contribution in [2.24, 2.45) is 5.92 Å². The monoisotopic (exact) mass is 209 g/mol. The average Bonchev–Trinajstić information content (AvgIpc) is 2.48. The number of aromatic carboxylic acids is 1. The second kappa shape index (κ2) is 5.01. The lowest BCUT2D eigenvalue weighted by Gasteiger charge is -2.13. The minimum atomic E-state index is -0.835. The first-order valence-electron chi connectivity index (χ1n) is 5.48. The summed E-state index contributed by atoms with van der Waals surface area (Å²) < 4.78 is 1.93. The van der Waals surface area contributed by atoms with Gasteiger partial charge in [0.15, 0.2) is 0 Å². The molecule has 1 aromatic rings. The summed E-state index contributed by atoms with van der Waals surface area (Å²) in [5.74, 6) is -0.371. The fraction of sp³-hybridized carbons (Fsp3) is 0.583. The van der Waals surface area contributed by atoms with Gasteiger partial charge in [0.2, 0.25) is 0 Å². The van der Waals surface area contributed by atoms with Gasteiger partial charge in [-0.1, -0.05) is 27.2 Å². The predicted molar refractivity (Wildman–Crippen MR) is 60.2 cm³/mol. The lowest BCUT2D eigenvalue weighted by atomic mass is 10.2. The maximum atomic E-state index is 11.0. The van der Waals surface area contributed by atoms with Gasteiger partial charge in [-0.05, 0) is 24.5 Å². The van der Waals surface area contributed by atoms with E-state index in [1.54, 1.807) is 6.07 Å². The number of carboxylic acids is 1. The first-order chi connectivity index (χ1) is 7.06. The smallest absolute Gasteiger partial charge is 0.352 e. The number of aryl methyl sites for hydroxylation is 1. The molecule has 0 aliphatic carbocycles. The summed E-state index contributed by atoms with van der Waals surface area (Å²) in [5, 5.41) is 9.04. The van der Waals surface area contributed by atoms with E-state index in [0.29, 0.717) is 11.6 Å². The second-order valence-electron chi connectivity index (χ2n) is 4.27. The third-order valence-electron chi connectivity index (χ3n) is 2.34. The second-order valence-corrected chi connectivity index (χ2v) is 4.27. The Bertz CT molecular complexity index is 339. The van der Waals surface area contributed by atoms with Gasteiger partial charge in [0.1, 0.15) is 5.69 Å². The van der Waals surface area contributed by atoms with Crippen molar-refractivity contribution >= 4 is 5.97 Å². The molecule has 0 bridgehead atoms. The van der Waals surface area contributed by atoms with Gasteiger partial charge in [0.25, 0.3) is 0 Å². The van der Waals surface area contributed by atoms with Crippen molar-refractivity contribution in [3.8, 4) is 0 Å². The molecular weight excluding hydrogens is 190 g/mol. The predicted octanol–water partition coefficient (Wildman–Crippen LogP) is 2.79. The largest absolute Gasteiger partial charge is 0.477 e. The van der Waals surface area contributed by atoms with Gasteiger partial charge in [0, 0.05) is 12.2 Å². The van der Waals surface area contributed by atoms with Gasteiger partial charge in [-0.2, -0.15) is 0 Å². The van der Waals surface area contributed by atoms with Crippen molar-refractivity contribution in [3.05, 3.63) is 23.5 Å². The Hall–Kier alpha value is -1.25. The molecule has 0 saturated heterocycles. The lowest BCUT2D eigenvalue weighted by Crippen LogP contribution is -2.14. The highest BCUT2D eigenvalue weighted by molar-refractivity contribution is 5.86. The highest BCUT2D eigenvalue weighted by atomic mass is 16.4. The van der Waals surface area contributed by atoms with Crippen LogP contribution in [0.5, 0.6) is 0 Å². The Balaban J connectivity index is 3.02. The molecule has 3 nitrogen and oxygen atoms in total. The zero-order chi connectivity index (χ0) is 11.4. The van der Waals surface area contributed by atoms with E-state index in [-0.39, 0.29) is 0 Å². The number of carbonyl (C=O) groups is 1. The summed E-state index contributed by atoms with van der Waals surface area (Å²) in [6, 6.07) is 3.63. The minimum Gasteiger partial charge on any atom is -0.477 e. The highest BCUT2D eigenvalue weighted by Crippen LogP contribution is 2.14. The summed E-state index contributed by atoms with van der Waals surface area (Å²) in [4.78, 5) is 11.0. The van der Waals surface area contributed by atoms with Crippen LogP contribution in [0.3, 0.4) is 0 Å². The van der Waals surface area contributed by atoms with E-state index in [2.05, 4.69) is 20.8 Å². The maximum Gasteiger partial charge on any atom is 0.352 e.